The van der Waals surface area contributed by atoms with Gasteiger partial charge in [-0.15, -0.1) is 0 Å². The molecule has 0 heterocycles. The molecule has 0 aliphatic carbocycles. The lowest BCUT2D eigenvalue weighted by Gasteiger charge is -2.32. The molecule has 0 aliphatic heterocycles. The predicted molar refractivity (Wildman–Crippen MR) is 44.3 cm³/mol. The van der Waals surface area contributed by atoms with E-state index >= 15 is 0 Å². The van der Waals surface area contributed by atoms with Crippen LogP contribution in [0.3, 0.4) is 0 Å². The average molecular weight is 196 g/mol. The standard InChI is InChI=1S/C9H15F3O/c1-7(2,3)6(13)8(4,5)9(10,11)12/h1-5H3. The molecular formula is C9H15F3O. The van der Waals surface area contributed by atoms with E-state index in [0.29, 0.717) is 0 Å². The molecule has 0 saturated heterocycles. The molecule has 0 atom stereocenters. The van der Waals surface area contributed by atoms with Crippen LogP contribution in [0.2, 0.25) is 0 Å². The van der Waals surface area contributed by atoms with Crippen molar-refractivity contribution in [3.05, 3.63) is 0 Å². The minimum absolute atomic E-state index is 0.785. The Kier molecular flexibility index (Phi) is 2.87. The molecule has 0 aromatic rings. The summed E-state index contributed by atoms with van der Waals surface area (Å²) in [5.74, 6) is -0.785. The molecule has 0 N–H and O–H groups in total. The molecule has 1 nitrogen and oxygen atoms in total. The zero-order valence-electron chi connectivity index (χ0n) is 8.54. The number of ketones is 1. The first-order valence-electron chi connectivity index (χ1n) is 4.02. The summed E-state index contributed by atoms with van der Waals surface area (Å²) in [7, 11) is 0. The van der Waals surface area contributed by atoms with Gasteiger partial charge in [-0.3, -0.25) is 4.79 Å². The monoisotopic (exact) mass is 196 g/mol. The average Bonchev–Trinajstić information content (AvgIpc) is 1.81. The maximum Gasteiger partial charge on any atom is 0.400 e. The maximum absolute atomic E-state index is 12.4. The lowest BCUT2D eigenvalue weighted by Crippen LogP contribution is -2.45. The molecule has 0 fully saturated rings. The number of alkyl halides is 3. The minimum atomic E-state index is -4.47. The van der Waals surface area contributed by atoms with Crippen LogP contribution in [0, 0.1) is 10.8 Å². The second kappa shape index (κ2) is 3.00. The van der Waals surface area contributed by atoms with Crippen molar-refractivity contribution in [2.45, 2.75) is 40.8 Å². The highest BCUT2D eigenvalue weighted by Gasteiger charge is 2.55. The summed E-state index contributed by atoms with van der Waals surface area (Å²) in [5, 5.41) is 0. The Hall–Kier alpha value is -0.540. The minimum Gasteiger partial charge on any atom is -0.298 e. The van der Waals surface area contributed by atoms with E-state index in [1.54, 1.807) is 0 Å². The number of rotatable bonds is 1. The fourth-order valence-electron chi connectivity index (χ4n) is 1.07. The van der Waals surface area contributed by atoms with Gasteiger partial charge in [0.05, 0.1) is 0 Å². The molecule has 0 saturated carbocycles. The summed E-state index contributed by atoms with van der Waals surface area (Å²) >= 11 is 0. The van der Waals surface area contributed by atoms with Crippen molar-refractivity contribution in [2.75, 3.05) is 0 Å². The van der Waals surface area contributed by atoms with E-state index < -0.39 is 22.8 Å². The molecular weight excluding hydrogens is 181 g/mol. The highest BCUT2D eigenvalue weighted by atomic mass is 19.4. The van der Waals surface area contributed by atoms with E-state index in [4.69, 9.17) is 0 Å². The summed E-state index contributed by atoms with van der Waals surface area (Å²) in [6.07, 6.45) is -4.47. The summed E-state index contributed by atoms with van der Waals surface area (Å²) in [4.78, 5) is 11.4. The van der Waals surface area contributed by atoms with E-state index in [-0.39, 0.29) is 0 Å². The number of halogens is 3. The van der Waals surface area contributed by atoms with E-state index in [1.165, 1.54) is 20.8 Å². The highest BCUT2D eigenvalue weighted by Crippen LogP contribution is 2.42. The largest absolute Gasteiger partial charge is 0.400 e. The van der Waals surface area contributed by atoms with Gasteiger partial charge in [0.25, 0.3) is 0 Å². The molecule has 13 heavy (non-hydrogen) atoms. The molecule has 0 aromatic carbocycles. The van der Waals surface area contributed by atoms with Gasteiger partial charge in [-0.2, -0.15) is 13.2 Å². The van der Waals surface area contributed by atoms with Gasteiger partial charge in [0.2, 0.25) is 0 Å². The van der Waals surface area contributed by atoms with Crippen LogP contribution < -0.4 is 0 Å². The molecule has 0 aliphatic rings. The molecule has 0 spiro atoms. The first kappa shape index (κ1) is 12.5. The van der Waals surface area contributed by atoms with Crippen molar-refractivity contribution in [1.82, 2.24) is 0 Å². The number of hydrogen-bond acceptors (Lipinski definition) is 1. The summed E-state index contributed by atoms with van der Waals surface area (Å²) in [5.41, 5.74) is -3.22. The van der Waals surface area contributed by atoms with Crippen molar-refractivity contribution in [3.8, 4) is 0 Å². The molecule has 78 valence electrons. The van der Waals surface area contributed by atoms with Crippen LogP contribution in [-0.2, 0) is 4.79 Å². The van der Waals surface area contributed by atoms with Crippen molar-refractivity contribution in [3.63, 3.8) is 0 Å². The van der Waals surface area contributed by atoms with Gasteiger partial charge in [0, 0.05) is 5.41 Å². The molecule has 4 heteroatoms. The number of carbonyl (C=O) groups is 1. The Morgan fingerprint density at radius 2 is 1.23 bits per heavy atom. The Balaban J connectivity index is 4.98. The molecule has 0 unspecified atom stereocenters. The third-order valence-corrected chi connectivity index (χ3v) is 1.96. The Morgan fingerprint density at radius 1 is 0.923 bits per heavy atom. The van der Waals surface area contributed by atoms with Gasteiger partial charge in [0.15, 0.2) is 5.78 Å². The van der Waals surface area contributed by atoms with Crippen LogP contribution in [0.1, 0.15) is 34.6 Å². The van der Waals surface area contributed by atoms with Crippen LogP contribution in [0.5, 0.6) is 0 Å². The zero-order chi connectivity index (χ0) is 11.1. The number of Topliss-reactive ketones (excluding diaryl/α,β-unsaturated/α-hetero) is 1. The summed E-state index contributed by atoms with van der Waals surface area (Å²) in [6, 6.07) is 0. The van der Waals surface area contributed by atoms with Gasteiger partial charge >= 0.3 is 6.18 Å². The third-order valence-electron chi connectivity index (χ3n) is 1.96. The fourth-order valence-corrected chi connectivity index (χ4v) is 1.07. The third kappa shape index (κ3) is 2.45. The van der Waals surface area contributed by atoms with Crippen molar-refractivity contribution < 1.29 is 18.0 Å². The van der Waals surface area contributed by atoms with Crippen molar-refractivity contribution in [1.29, 1.82) is 0 Å². The lowest BCUT2D eigenvalue weighted by molar-refractivity contribution is -0.214. The topological polar surface area (TPSA) is 17.1 Å². The number of carbonyl (C=O) groups excluding carboxylic acids is 1. The Bertz CT molecular complexity index is 208. The van der Waals surface area contributed by atoms with E-state index in [1.807, 2.05) is 0 Å². The van der Waals surface area contributed by atoms with Crippen LogP contribution in [0.15, 0.2) is 0 Å². The van der Waals surface area contributed by atoms with E-state index in [2.05, 4.69) is 0 Å². The van der Waals surface area contributed by atoms with Crippen LogP contribution in [-0.4, -0.2) is 12.0 Å². The fraction of sp³-hybridized carbons (Fsp3) is 0.889. The lowest BCUT2D eigenvalue weighted by atomic mass is 9.74. The molecule has 0 amide bonds. The predicted octanol–water partition coefficient (Wildman–Crippen LogP) is 3.19. The quantitative estimate of drug-likeness (QED) is 0.629. The van der Waals surface area contributed by atoms with Crippen LogP contribution in [0.4, 0.5) is 13.2 Å². The molecule has 0 rings (SSSR count). The van der Waals surface area contributed by atoms with Gasteiger partial charge in [-0.25, -0.2) is 0 Å². The number of hydrogen-bond donors (Lipinski definition) is 0. The van der Waals surface area contributed by atoms with Gasteiger partial charge in [0.1, 0.15) is 5.41 Å². The summed E-state index contributed by atoms with van der Waals surface area (Å²) in [6.45, 7) is 6.30. The highest BCUT2D eigenvalue weighted by molar-refractivity contribution is 5.89. The maximum atomic E-state index is 12.4. The van der Waals surface area contributed by atoms with Crippen molar-refractivity contribution >= 4 is 5.78 Å². The normalized spacial score (nSPS) is 14.5. The SMILES string of the molecule is CC(C)(C)C(=O)C(C)(C)C(F)(F)F. The van der Waals surface area contributed by atoms with Gasteiger partial charge in [-0.1, -0.05) is 20.8 Å². The van der Waals surface area contributed by atoms with E-state index in [9.17, 15) is 18.0 Å². The van der Waals surface area contributed by atoms with Crippen molar-refractivity contribution in [2.24, 2.45) is 10.8 Å². The van der Waals surface area contributed by atoms with Gasteiger partial charge in [-0.05, 0) is 13.8 Å². The van der Waals surface area contributed by atoms with Crippen LogP contribution in [0.25, 0.3) is 0 Å². The second-order valence-electron chi connectivity index (χ2n) is 4.70. The molecule has 0 bridgehead atoms. The van der Waals surface area contributed by atoms with Crippen LogP contribution >= 0.6 is 0 Å². The molecule has 0 aromatic heterocycles. The Labute approximate surface area is 76.3 Å². The first-order valence-corrected chi connectivity index (χ1v) is 4.02. The first-order chi connectivity index (χ1) is 5.40. The van der Waals surface area contributed by atoms with E-state index in [0.717, 1.165) is 13.8 Å². The van der Waals surface area contributed by atoms with Gasteiger partial charge < -0.3 is 0 Å². The summed E-state index contributed by atoms with van der Waals surface area (Å²) < 4.78 is 37.2. The molecule has 0 radical (unpaired) electrons. The Morgan fingerprint density at radius 3 is 1.31 bits per heavy atom. The second-order valence-corrected chi connectivity index (χ2v) is 4.70. The zero-order valence-corrected chi connectivity index (χ0v) is 8.54. The smallest absolute Gasteiger partial charge is 0.298 e.